The highest BCUT2D eigenvalue weighted by Crippen LogP contribution is 2.30. The van der Waals surface area contributed by atoms with Crippen molar-refractivity contribution in [3.63, 3.8) is 0 Å². The molecule has 1 aromatic rings. The van der Waals surface area contributed by atoms with E-state index in [9.17, 15) is 13.2 Å². The average molecular weight is 379 g/mol. The lowest BCUT2D eigenvalue weighted by Gasteiger charge is -2.33. The molecule has 1 amide bonds. The molecule has 1 aromatic carbocycles. The first-order valence-electron chi connectivity index (χ1n) is 7.39. The summed E-state index contributed by atoms with van der Waals surface area (Å²) < 4.78 is 25.3. The number of anilines is 1. The molecule has 1 aliphatic rings. The molecule has 0 saturated carbocycles. The number of hydrogen-bond acceptors (Lipinski definition) is 3. The van der Waals surface area contributed by atoms with E-state index >= 15 is 0 Å². The van der Waals surface area contributed by atoms with E-state index in [-0.39, 0.29) is 23.2 Å². The van der Waals surface area contributed by atoms with Gasteiger partial charge >= 0.3 is 0 Å². The Morgan fingerprint density at radius 1 is 1.39 bits per heavy atom. The summed E-state index contributed by atoms with van der Waals surface area (Å²) >= 11 is 12.0. The Kier molecular flexibility index (Phi) is 5.81. The van der Waals surface area contributed by atoms with Crippen LogP contribution in [0.1, 0.15) is 19.8 Å². The van der Waals surface area contributed by atoms with Gasteiger partial charge < -0.3 is 4.90 Å². The van der Waals surface area contributed by atoms with Crippen LogP contribution in [0.5, 0.6) is 0 Å². The zero-order chi connectivity index (χ0) is 17.2. The molecule has 0 aliphatic carbocycles. The molecular weight excluding hydrogens is 359 g/mol. The lowest BCUT2D eigenvalue weighted by Crippen LogP contribution is -2.46. The molecule has 8 heteroatoms. The molecule has 1 atom stereocenters. The quantitative estimate of drug-likeness (QED) is 0.808. The van der Waals surface area contributed by atoms with Crippen LogP contribution < -0.4 is 4.31 Å². The van der Waals surface area contributed by atoms with Crippen molar-refractivity contribution in [2.75, 3.05) is 30.2 Å². The molecule has 2 rings (SSSR count). The van der Waals surface area contributed by atoms with Gasteiger partial charge in [0.1, 0.15) is 6.54 Å². The Morgan fingerprint density at radius 2 is 2.09 bits per heavy atom. The summed E-state index contributed by atoms with van der Waals surface area (Å²) in [6, 6.07) is 4.52. The van der Waals surface area contributed by atoms with Crippen LogP contribution >= 0.6 is 23.2 Å². The first kappa shape index (κ1) is 18.4. The van der Waals surface area contributed by atoms with E-state index in [1.165, 1.54) is 12.1 Å². The standard InChI is InChI=1S/C15H20Cl2N2O3S/c1-11-4-3-7-18(9-11)15(20)10-19(23(2,21)22)14-6-5-12(16)8-13(14)17/h5-6,8,11H,3-4,7,9-10H2,1-2H3/t11-/m0/s1. The summed E-state index contributed by atoms with van der Waals surface area (Å²) in [6.45, 7) is 3.15. The minimum Gasteiger partial charge on any atom is -0.341 e. The average Bonchev–Trinajstić information content (AvgIpc) is 2.44. The van der Waals surface area contributed by atoms with E-state index < -0.39 is 10.0 Å². The van der Waals surface area contributed by atoms with Crippen LogP contribution in [0.4, 0.5) is 5.69 Å². The molecule has 5 nitrogen and oxygen atoms in total. The van der Waals surface area contributed by atoms with Gasteiger partial charge in [0.05, 0.1) is 17.0 Å². The second kappa shape index (κ2) is 7.28. The lowest BCUT2D eigenvalue weighted by molar-refractivity contribution is -0.131. The first-order valence-corrected chi connectivity index (χ1v) is 9.99. The fourth-order valence-corrected chi connectivity index (χ4v) is 4.13. The maximum atomic E-state index is 12.5. The van der Waals surface area contributed by atoms with Gasteiger partial charge in [-0.1, -0.05) is 30.1 Å². The van der Waals surface area contributed by atoms with Gasteiger partial charge in [-0.3, -0.25) is 9.10 Å². The summed E-state index contributed by atoms with van der Waals surface area (Å²) in [5.74, 6) is 0.214. The number of piperidine rings is 1. The van der Waals surface area contributed by atoms with Crippen molar-refractivity contribution < 1.29 is 13.2 Å². The molecule has 1 fully saturated rings. The van der Waals surface area contributed by atoms with Gasteiger partial charge in [0, 0.05) is 18.1 Å². The third kappa shape index (κ3) is 4.75. The molecule has 0 aromatic heterocycles. The lowest BCUT2D eigenvalue weighted by atomic mass is 10.0. The van der Waals surface area contributed by atoms with Gasteiger partial charge in [0.2, 0.25) is 15.9 Å². The van der Waals surface area contributed by atoms with Crippen LogP contribution in [-0.4, -0.2) is 45.1 Å². The number of amides is 1. The summed E-state index contributed by atoms with van der Waals surface area (Å²) in [6.07, 6.45) is 3.08. The van der Waals surface area contributed by atoms with E-state index in [1.807, 2.05) is 0 Å². The van der Waals surface area contributed by atoms with E-state index in [1.54, 1.807) is 11.0 Å². The normalized spacial score (nSPS) is 18.8. The number of carbonyl (C=O) groups excluding carboxylic acids is 1. The zero-order valence-electron chi connectivity index (χ0n) is 13.1. The minimum atomic E-state index is -3.64. The number of carbonyl (C=O) groups is 1. The topological polar surface area (TPSA) is 57.7 Å². The van der Waals surface area contributed by atoms with E-state index in [2.05, 4.69) is 6.92 Å². The van der Waals surface area contributed by atoms with Gasteiger partial charge in [-0.25, -0.2) is 8.42 Å². The van der Waals surface area contributed by atoms with Crippen molar-refractivity contribution in [2.45, 2.75) is 19.8 Å². The molecule has 23 heavy (non-hydrogen) atoms. The molecule has 1 aliphatic heterocycles. The second-order valence-corrected chi connectivity index (χ2v) is 8.70. The Morgan fingerprint density at radius 3 is 2.65 bits per heavy atom. The third-order valence-electron chi connectivity index (χ3n) is 3.87. The fourth-order valence-electron chi connectivity index (χ4n) is 2.70. The van der Waals surface area contributed by atoms with Crippen molar-refractivity contribution in [1.29, 1.82) is 0 Å². The van der Waals surface area contributed by atoms with Gasteiger partial charge in [-0.15, -0.1) is 0 Å². The van der Waals surface area contributed by atoms with E-state index in [0.29, 0.717) is 24.0 Å². The molecule has 0 spiro atoms. The van der Waals surface area contributed by atoms with Gasteiger partial charge in [-0.2, -0.15) is 0 Å². The van der Waals surface area contributed by atoms with Crippen molar-refractivity contribution in [1.82, 2.24) is 4.90 Å². The molecule has 0 N–H and O–H groups in total. The van der Waals surface area contributed by atoms with Crippen LogP contribution in [0.15, 0.2) is 18.2 Å². The number of benzene rings is 1. The predicted octanol–water partition coefficient (Wildman–Crippen LogP) is 3.02. The van der Waals surface area contributed by atoms with Crippen LogP contribution in [0.25, 0.3) is 0 Å². The Hall–Kier alpha value is -0.980. The zero-order valence-corrected chi connectivity index (χ0v) is 15.5. The molecule has 1 saturated heterocycles. The number of halogens is 2. The SMILES string of the molecule is C[C@H]1CCCN(C(=O)CN(c2ccc(Cl)cc2Cl)S(C)(=O)=O)C1. The van der Waals surface area contributed by atoms with Crippen molar-refractivity contribution in [3.8, 4) is 0 Å². The molecule has 0 bridgehead atoms. The van der Waals surface area contributed by atoms with Crippen LogP contribution in [0.2, 0.25) is 10.0 Å². The Labute approximate surface area is 147 Å². The van der Waals surface area contributed by atoms with Crippen molar-refractivity contribution in [3.05, 3.63) is 28.2 Å². The van der Waals surface area contributed by atoms with E-state index in [4.69, 9.17) is 23.2 Å². The molecule has 0 unspecified atom stereocenters. The predicted molar refractivity (Wildman–Crippen MR) is 93.6 cm³/mol. The summed E-state index contributed by atoms with van der Waals surface area (Å²) in [5.41, 5.74) is 0.261. The maximum Gasteiger partial charge on any atom is 0.243 e. The number of hydrogen-bond donors (Lipinski definition) is 0. The van der Waals surface area contributed by atoms with Gasteiger partial charge in [0.15, 0.2) is 0 Å². The number of likely N-dealkylation sites (tertiary alicyclic amines) is 1. The highest BCUT2D eigenvalue weighted by molar-refractivity contribution is 7.92. The van der Waals surface area contributed by atoms with Crippen LogP contribution in [-0.2, 0) is 14.8 Å². The highest BCUT2D eigenvalue weighted by atomic mass is 35.5. The summed E-state index contributed by atoms with van der Waals surface area (Å²) in [7, 11) is -3.64. The highest BCUT2D eigenvalue weighted by Gasteiger charge is 2.27. The van der Waals surface area contributed by atoms with E-state index in [0.717, 1.165) is 23.4 Å². The largest absolute Gasteiger partial charge is 0.341 e. The summed E-state index contributed by atoms with van der Waals surface area (Å²) in [5, 5.41) is 0.603. The molecule has 1 heterocycles. The second-order valence-electron chi connectivity index (χ2n) is 5.95. The number of rotatable bonds is 4. The fraction of sp³-hybridized carbons (Fsp3) is 0.533. The van der Waals surface area contributed by atoms with Crippen molar-refractivity contribution in [2.24, 2.45) is 5.92 Å². The first-order chi connectivity index (χ1) is 10.7. The third-order valence-corrected chi connectivity index (χ3v) is 5.53. The Bertz CT molecular complexity index is 694. The minimum absolute atomic E-state index is 0.197. The van der Waals surface area contributed by atoms with Crippen molar-refractivity contribution >= 4 is 44.8 Å². The van der Waals surface area contributed by atoms with Crippen LogP contribution in [0.3, 0.4) is 0 Å². The smallest absolute Gasteiger partial charge is 0.243 e. The Balaban J connectivity index is 2.24. The van der Waals surface area contributed by atoms with Crippen LogP contribution in [0, 0.1) is 5.92 Å². The maximum absolute atomic E-state index is 12.5. The molecule has 128 valence electrons. The summed E-state index contributed by atoms with van der Waals surface area (Å²) in [4.78, 5) is 14.2. The monoisotopic (exact) mass is 378 g/mol. The number of nitrogens with zero attached hydrogens (tertiary/aromatic N) is 2. The van der Waals surface area contributed by atoms with Gasteiger partial charge in [0.25, 0.3) is 0 Å². The molecular formula is C15H20Cl2N2O3S. The molecule has 0 radical (unpaired) electrons. The number of sulfonamides is 1. The van der Waals surface area contributed by atoms with Gasteiger partial charge in [-0.05, 0) is 37.0 Å².